The molecule has 0 spiro atoms. The summed E-state index contributed by atoms with van der Waals surface area (Å²) in [7, 11) is 0. The van der Waals surface area contributed by atoms with Crippen LogP contribution in [0.4, 0.5) is 5.82 Å². The number of hydrogen-bond donors (Lipinski definition) is 2. The van der Waals surface area contributed by atoms with E-state index in [1.807, 2.05) is 36.7 Å². The van der Waals surface area contributed by atoms with E-state index in [-0.39, 0.29) is 0 Å². The van der Waals surface area contributed by atoms with Gasteiger partial charge in [0.2, 0.25) is 0 Å². The Morgan fingerprint density at radius 1 is 1.08 bits per heavy atom. The lowest BCUT2D eigenvalue weighted by molar-refractivity contribution is 0.918. The van der Waals surface area contributed by atoms with Gasteiger partial charge in [0.25, 0.3) is 0 Å². The van der Waals surface area contributed by atoms with Crippen LogP contribution in [0, 0.1) is 13.8 Å². The molecule has 0 bridgehead atoms. The van der Waals surface area contributed by atoms with Crippen molar-refractivity contribution in [3.05, 3.63) is 71.9 Å². The van der Waals surface area contributed by atoms with Crippen molar-refractivity contribution >= 4 is 23.1 Å². The maximum absolute atomic E-state index is 5.33. The minimum atomic E-state index is 0.561. The van der Waals surface area contributed by atoms with E-state index in [1.165, 1.54) is 0 Å². The van der Waals surface area contributed by atoms with Crippen LogP contribution >= 0.6 is 12.2 Å². The van der Waals surface area contributed by atoms with Crippen LogP contribution in [0.25, 0.3) is 5.69 Å². The van der Waals surface area contributed by atoms with Crippen LogP contribution in [0.1, 0.15) is 17.0 Å². The smallest absolute Gasteiger partial charge is 0.172 e. The Hall–Kier alpha value is -2.73. The summed E-state index contributed by atoms with van der Waals surface area (Å²) in [6, 6.07) is 12.2. The second-order valence-electron chi connectivity index (χ2n) is 5.49. The quantitative estimate of drug-likeness (QED) is 0.715. The largest absolute Gasteiger partial charge is 0.358 e. The van der Waals surface area contributed by atoms with Crippen molar-refractivity contribution in [2.24, 2.45) is 0 Å². The van der Waals surface area contributed by atoms with Gasteiger partial charge in [-0.15, -0.1) is 0 Å². The van der Waals surface area contributed by atoms with Crippen molar-refractivity contribution in [3.8, 4) is 5.69 Å². The van der Waals surface area contributed by atoms with Crippen LogP contribution in [-0.4, -0.2) is 19.6 Å². The summed E-state index contributed by atoms with van der Waals surface area (Å²) in [6.45, 7) is 4.63. The zero-order valence-corrected chi connectivity index (χ0v) is 14.5. The summed E-state index contributed by atoms with van der Waals surface area (Å²) < 4.78 is 2.05. The Balaban J connectivity index is 1.58. The molecule has 5 nitrogen and oxygen atoms in total. The van der Waals surface area contributed by atoms with Gasteiger partial charge >= 0.3 is 0 Å². The van der Waals surface area contributed by atoms with Crippen molar-refractivity contribution in [2.75, 3.05) is 5.32 Å². The molecule has 3 aromatic rings. The fraction of sp³-hybridized carbons (Fsp3) is 0.167. The standard InChI is InChI=1S/C18H19N5S/c1-13-4-3-9-20-17(13)22-18(24)21-12-15-5-7-16(8-6-15)23-11-10-19-14(23)2/h3-11H,12H2,1-2H3,(H2,20,21,22,24). The lowest BCUT2D eigenvalue weighted by Gasteiger charge is -2.12. The second-order valence-corrected chi connectivity index (χ2v) is 5.90. The maximum atomic E-state index is 5.33. The van der Waals surface area contributed by atoms with E-state index in [2.05, 4.69) is 44.9 Å². The lowest BCUT2D eigenvalue weighted by atomic mass is 10.2. The summed E-state index contributed by atoms with van der Waals surface area (Å²) in [4.78, 5) is 8.52. The molecule has 24 heavy (non-hydrogen) atoms. The molecular weight excluding hydrogens is 318 g/mol. The Morgan fingerprint density at radius 2 is 1.88 bits per heavy atom. The molecule has 122 valence electrons. The Morgan fingerprint density at radius 3 is 2.54 bits per heavy atom. The van der Waals surface area contributed by atoms with E-state index in [1.54, 1.807) is 12.4 Å². The van der Waals surface area contributed by atoms with Crippen LogP contribution < -0.4 is 10.6 Å². The molecule has 3 rings (SSSR count). The first kappa shape index (κ1) is 16.1. The fourth-order valence-electron chi connectivity index (χ4n) is 2.38. The highest BCUT2D eigenvalue weighted by Crippen LogP contribution is 2.12. The number of nitrogens with one attached hydrogen (secondary N) is 2. The molecule has 6 heteroatoms. The van der Waals surface area contributed by atoms with Crippen molar-refractivity contribution < 1.29 is 0 Å². The van der Waals surface area contributed by atoms with Crippen LogP contribution in [0.5, 0.6) is 0 Å². The molecule has 0 radical (unpaired) electrons. The molecule has 0 atom stereocenters. The third kappa shape index (κ3) is 3.78. The van der Waals surface area contributed by atoms with E-state index in [0.717, 1.165) is 28.5 Å². The molecule has 0 aliphatic carbocycles. The van der Waals surface area contributed by atoms with E-state index in [4.69, 9.17) is 12.2 Å². The molecule has 1 aromatic carbocycles. The van der Waals surface area contributed by atoms with Gasteiger partial charge in [0, 0.05) is 30.8 Å². The molecule has 2 aromatic heterocycles. The summed E-state index contributed by atoms with van der Waals surface area (Å²) >= 11 is 5.33. The van der Waals surface area contributed by atoms with Crippen molar-refractivity contribution in [3.63, 3.8) is 0 Å². The zero-order valence-electron chi connectivity index (χ0n) is 13.7. The third-order valence-electron chi connectivity index (χ3n) is 3.73. The van der Waals surface area contributed by atoms with Gasteiger partial charge in [-0.05, 0) is 55.4 Å². The predicted molar refractivity (Wildman–Crippen MR) is 100 cm³/mol. The molecule has 2 heterocycles. The number of rotatable bonds is 4. The normalized spacial score (nSPS) is 10.4. The monoisotopic (exact) mass is 337 g/mol. The van der Waals surface area contributed by atoms with Gasteiger partial charge < -0.3 is 15.2 Å². The number of imidazole rings is 1. The predicted octanol–water partition coefficient (Wildman–Crippen LogP) is 3.37. The molecule has 0 unspecified atom stereocenters. The molecule has 0 saturated carbocycles. The van der Waals surface area contributed by atoms with Crippen LogP contribution in [0.2, 0.25) is 0 Å². The number of aromatic nitrogens is 3. The highest BCUT2D eigenvalue weighted by atomic mass is 32.1. The van der Waals surface area contributed by atoms with Gasteiger partial charge in [0.15, 0.2) is 5.11 Å². The van der Waals surface area contributed by atoms with Crippen molar-refractivity contribution in [1.82, 2.24) is 19.9 Å². The van der Waals surface area contributed by atoms with E-state index in [9.17, 15) is 0 Å². The molecule has 0 fully saturated rings. The number of hydrogen-bond acceptors (Lipinski definition) is 3. The number of aryl methyl sites for hydroxylation is 2. The average molecular weight is 337 g/mol. The van der Waals surface area contributed by atoms with Crippen molar-refractivity contribution in [1.29, 1.82) is 0 Å². The van der Waals surface area contributed by atoms with Gasteiger partial charge in [-0.1, -0.05) is 18.2 Å². The summed E-state index contributed by atoms with van der Waals surface area (Å²) in [5.74, 6) is 1.75. The summed E-state index contributed by atoms with van der Waals surface area (Å²) in [5.41, 5.74) is 3.30. The fourth-order valence-corrected chi connectivity index (χ4v) is 2.54. The first-order valence-electron chi connectivity index (χ1n) is 7.69. The zero-order chi connectivity index (χ0) is 16.9. The Kier molecular flexibility index (Phi) is 4.86. The van der Waals surface area contributed by atoms with E-state index >= 15 is 0 Å². The highest BCUT2D eigenvalue weighted by Gasteiger charge is 2.03. The van der Waals surface area contributed by atoms with Gasteiger partial charge in [0.1, 0.15) is 11.6 Å². The van der Waals surface area contributed by atoms with Crippen molar-refractivity contribution in [2.45, 2.75) is 20.4 Å². The molecule has 0 aliphatic rings. The number of anilines is 1. The highest BCUT2D eigenvalue weighted by molar-refractivity contribution is 7.80. The lowest BCUT2D eigenvalue weighted by Crippen LogP contribution is -2.28. The first-order valence-corrected chi connectivity index (χ1v) is 8.10. The first-order chi connectivity index (χ1) is 11.6. The molecule has 0 aliphatic heterocycles. The number of thiocarbonyl (C=S) groups is 1. The Bertz CT molecular complexity index is 839. The van der Waals surface area contributed by atoms with E-state index < -0.39 is 0 Å². The number of pyridine rings is 1. The van der Waals surface area contributed by atoms with Crippen LogP contribution in [0.3, 0.4) is 0 Å². The molecular formula is C18H19N5S. The van der Waals surface area contributed by atoms with Gasteiger partial charge in [-0.3, -0.25) is 0 Å². The topological polar surface area (TPSA) is 54.8 Å². The van der Waals surface area contributed by atoms with Crippen LogP contribution in [0.15, 0.2) is 55.0 Å². The minimum Gasteiger partial charge on any atom is -0.358 e. The van der Waals surface area contributed by atoms with Gasteiger partial charge in [-0.2, -0.15) is 0 Å². The van der Waals surface area contributed by atoms with Crippen LogP contribution in [-0.2, 0) is 6.54 Å². The second kappa shape index (κ2) is 7.23. The van der Waals surface area contributed by atoms with Gasteiger partial charge in [0.05, 0.1) is 0 Å². The summed E-state index contributed by atoms with van der Waals surface area (Å²) in [6.07, 6.45) is 5.50. The molecule has 0 amide bonds. The number of benzene rings is 1. The van der Waals surface area contributed by atoms with Gasteiger partial charge in [-0.25, -0.2) is 9.97 Å². The average Bonchev–Trinajstić information content (AvgIpc) is 3.02. The Labute approximate surface area is 146 Å². The molecule has 2 N–H and O–H groups in total. The molecule has 0 saturated heterocycles. The third-order valence-corrected chi connectivity index (χ3v) is 3.98. The number of nitrogens with zero attached hydrogens (tertiary/aromatic N) is 3. The van der Waals surface area contributed by atoms with E-state index in [0.29, 0.717) is 11.7 Å². The summed E-state index contributed by atoms with van der Waals surface area (Å²) in [5, 5.41) is 6.88. The maximum Gasteiger partial charge on any atom is 0.172 e. The SMILES string of the molecule is Cc1cccnc1NC(=S)NCc1ccc(-n2ccnc2C)cc1. The minimum absolute atomic E-state index is 0.561.